The first kappa shape index (κ1) is 27.3. The van der Waals surface area contributed by atoms with Gasteiger partial charge in [-0.1, -0.05) is 36.4 Å². The number of hydrogen-bond acceptors (Lipinski definition) is 5. The minimum Gasteiger partial charge on any atom is -0.404 e. The standard InChI is InChI=1S/C23H23F5N4O3S/c1-4-9-16(5-2)22(24,25)19-21(29-3)31-20-15(10-8-13-30-20)14-32(19)36(33,34)18-12-7-6-11-17(18)35-23(26,27)28/h4-13,19H,14H2,1-3H3,(H,29,30,31)/b9-4-,16-5+. The van der Waals surface area contributed by atoms with E-state index in [4.69, 9.17) is 0 Å². The fourth-order valence-electron chi connectivity index (χ4n) is 3.75. The molecule has 7 nitrogen and oxygen atoms in total. The summed E-state index contributed by atoms with van der Waals surface area (Å²) in [6.07, 6.45) is -0.242. The molecule has 1 aliphatic rings. The summed E-state index contributed by atoms with van der Waals surface area (Å²) in [5, 5.41) is 2.68. The minimum absolute atomic E-state index is 0.0875. The molecule has 0 fully saturated rings. The van der Waals surface area contributed by atoms with E-state index in [1.165, 1.54) is 51.4 Å². The summed E-state index contributed by atoms with van der Waals surface area (Å²) in [4.78, 5) is 7.05. The highest BCUT2D eigenvalue weighted by molar-refractivity contribution is 7.89. The molecular formula is C23H23F5N4O3S. The van der Waals surface area contributed by atoms with E-state index >= 15 is 8.78 Å². The lowest BCUT2D eigenvalue weighted by Crippen LogP contribution is -2.56. The molecule has 36 heavy (non-hydrogen) atoms. The summed E-state index contributed by atoms with van der Waals surface area (Å²) in [6, 6.07) is 4.64. The number of nitrogens with zero attached hydrogens (tertiary/aromatic N) is 3. The van der Waals surface area contributed by atoms with E-state index in [1.807, 2.05) is 0 Å². The van der Waals surface area contributed by atoms with Crippen LogP contribution in [0.5, 0.6) is 5.75 Å². The number of halogens is 5. The van der Waals surface area contributed by atoms with Crippen LogP contribution in [0.2, 0.25) is 0 Å². The highest BCUT2D eigenvalue weighted by atomic mass is 32.2. The Morgan fingerprint density at radius 1 is 1.17 bits per heavy atom. The van der Waals surface area contributed by atoms with E-state index in [2.05, 4.69) is 20.0 Å². The second-order valence-electron chi connectivity index (χ2n) is 7.56. The first-order chi connectivity index (χ1) is 16.9. The van der Waals surface area contributed by atoms with E-state index in [9.17, 15) is 21.6 Å². The molecule has 2 heterocycles. The average Bonchev–Trinajstić information content (AvgIpc) is 2.99. The van der Waals surface area contributed by atoms with Crippen LogP contribution in [0.15, 0.2) is 76.3 Å². The van der Waals surface area contributed by atoms with Gasteiger partial charge in [0.2, 0.25) is 10.0 Å². The van der Waals surface area contributed by atoms with Crippen LogP contribution in [-0.4, -0.2) is 48.9 Å². The van der Waals surface area contributed by atoms with Crippen LogP contribution in [0.1, 0.15) is 19.4 Å². The monoisotopic (exact) mass is 530 g/mol. The lowest BCUT2D eigenvalue weighted by atomic mass is 9.99. The van der Waals surface area contributed by atoms with Gasteiger partial charge in [0, 0.05) is 30.9 Å². The summed E-state index contributed by atoms with van der Waals surface area (Å²) >= 11 is 0. The number of pyridine rings is 1. The summed E-state index contributed by atoms with van der Waals surface area (Å²) in [5.41, 5.74) is -0.306. The van der Waals surface area contributed by atoms with Crippen LogP contribution in [0.3, 0.4) is 0 Å². The predicted octanol–water partition coefficient (Wildman–Crippen LogP) is 5.15. The van der Waals surface area contributed by atoms with Crippen molar-refractivity contribution in [1.29, 1.82) is 0 Å². The Balaban J connectivity index is 2.31. The van der Waals surface area contributed by atoms with Gasteiger partial charge in [-0.05, 0) is 32.0 Å². The molecule has 0 saturated carbocycles. The van der Waals surface area contributed by atoms with Gasteiger partial charge < -0.3 is 10.1 Å². The second kappa shape index (κ2) is 10.3. The van der Waals surface area contributed by atoms with Gasteiger partial charge in [0.1, 0.15) is 22.3 Å². The summed E-state index contributed by atoms with van der Waals surface area (Å²) in [5.74, 6) is -5.27. The Labute approximate surface area is 205 Å². The van der Waals surface area contributed by atoms with E-state index in [-0.39, 0.29) is 11.4 Å². The van der Waals surface area contributed by atoms with Crippen molar-refractivity contribution in [3.8, 4) is 5.75 Å². The zero-order valence-electron chi connectivity index (χ0n) is 19.4. The maximum Gasteiger partial charge on any atom is 0.573 e. The van der Waals surface area contributed by atoms with Gasteiger partial charge >= 0.3 is 6.36 Å². The molecule has 1 aromatic heterocycles. The van der Waals surface area contributed by atoms with Crippen molar-refractivity contribution < 1.29 is 35.1 Å². The van der Waals surface area contributed by atoms with Crippen LogP contribution in [0, 0.1) is 0 Å². The molecule has 1 aromatic carbocycles. The van der Waals surface area contributed by atoms with Gasteiger partial charge in [0.15, 0.2) is 6.04 Å². The van der Waals surface area contributed by atoms with Gasteiger partial charge in [0.05, 0.1) is 0 Å². The number of ether oxygens (including phenoxy) is 1. The van der Waals surface area contributed by atoms with Crippen molar-refractivity contribution in [3.63, 3.8) is 0 Å². The van der Waals surface area contributed by atoms with Gasteiger partial charge in [-0.2, -0.15) is 13.1 Å². The quantitative estimate of drug-likeness (QED) is 0.413. The molecule has 0 radical (unpaired) electrons. The van der Waals surface area contributed by atoms with Crippen molar-refractivity contribution in [3.05, 3.63) is 72.0 Å². The maximum atomic E-state index is 16.1. The Morgan fingerprint density at radius 3 is 2.47 bits per heavy atom. The number of allylic oxidation sites excluding steroid dienone is 3. The molecular weight excluding hydrogens is 507 g/mol. The molecule has 1 unspecified atom stereocenters. The number of amidine groups is 1. The van der Waals surface area contributed by atoms with E-state index in [0.717, 1.165) is 30.4 Å². The lowest BCUT2D eigenvalue weighted by molar-refractivity contribution is -0.275. The third-order valence-electron chi connectivity index (χ3n) is 5.30. The summed E-state index contributed by atoms with van der Waals surface area (Å²) < 4.78 is 103. The number of para-hydroxylation sites is 1. The fraction of sp³-hybridized carbons (Fsp3) is 0.304. The lowest BCUT2D eigenvalue weighted by Gasteiger charge is -2.35. The SMILES string of the molecule is C/C=C\C(=C/C)C(F)(F)C1C(=NC)Nc2ncccc2CN1S(=O)(=O)c1ccccc1OC(F)(F)F. The van der Waals surface area contributed by atoms with Crippen LogP contribution in [0.25, 0.3) is 0 Å². The molecule has 1 aliphatic heterocycles. The molecule has 3 rings (SSSR count). The number of alkyl halides is 5. The summed E-state index contributed by atoms with van der Waals surface area (Å²) in [6.45, 7) is 2.24. The number of aromatic nitrogens is 1. The van der Waals surface area contributed by atoms with Crippen molar-refractivity contribution >= 4 is 21.7 Å². The second-order valence-corrected chi connectivity index (χ2v) is 9.42. The maximum absolute atomic E-state index is 16.1. The third kappa shape index (κ3) is 5.41. The zero-order valence-corrected chi connectivity index (χ0v) is 20.2. The Hall–Kier alpha value is -3.32. The molecule has 0 saturated heterocycles. The number of sulfonamides is 1. The van der Waals surface area contributed by atoms with Crippen molar-refractivity contribution in [2.24, 2.45) is 4.99 Å². The van der Waals surface area contributed by atoms with Crippen LogP contribution in [0.4, 0.5) is 27.8 Å². The van der Waals surface area contributed by atoms with Gasteiger partial charge in [-0.3, -0.25) is 4.99 Å². The van der Waals surface area contributed by atoms with Crippen LogP contribution in [-0.2, 0) is 16.6 Å². The largest absolute Gasteiger partial charge is 0.573 e. The Kier molecular flexibility index (Phi) is 7.84. The molecule has 13 heteroatoms. The molecule has 0 bridgehead atoms. The predicted molar refractivity (Wildman–Crippen MR) is 124 cm³/mol. The fourth-order valence-corrected chi connectivity index (χ4v) is 5.44. The molecule has 0 spiro atoms. The van der Waals surface area contributed by atoms with Crippen LogP contribution >= 0.6 is 0 Å². The molecule has 1 N–H and O–H groups in total. The number of aliphatic imine (C=N–C) groups is 1. The topological polar surface area (TPSA) is 83.9 Å². The number of rotatable bonds is 6. The van der Waals surface area contributed by atoms with Crippen LogP contribution < -0.4 is 10.1 Å². The van der Waals surface area contributed by atoms with Gasteiger partial charge in [-0.25, -0.2) is 13.4 Å². The number of fused-ring (bicyclic) bond motifs is 1. The van der Waals surface area contributed by atoms with Gasteiger partial charge in [0.25, 0.3) is 5.92 Å². The number of anilines is 1. The molecule has 1 atom stereocenters. The van der Waals surface area contributed by atoms with Crippen molar-refractivity contribution in [1.82, 2.24) is 9.29 Å². The number of benzene rings is 1. The smallest absolute Gasteiger partial charge is 0.404 e. The highest BCUT2D eigenvalue weighted by Gasteiger charge is 2.54. The third-order valence-corrected chi connectivity index (χ3v) is 7.15. The molecule has 194 valence electrons. The molecule has 0 aliphatic carbocycles. The average molecular weight is 531 g/mol. The van der Waals surface area contributed by atoms with E-state index < -0.39 is 56.9 Å². The van der Waals surface area contributed by atoms with E-state index in [0.29, 0.717) is 4.31 Å². The summed E-state index contributed by atoms with van der Waals surface area (Å²) in [7, 11) is -3.84. The molecule has 0 amide bonds. The highest BCUT2D eigenvalue weighted by Crippen LogP contribution is 2.41. The Bertz CT molecular complexity index is 1310. The number of nitrogens with one attached hydrogen (secondary N) is 1. The first-order valence-electron chi connectivity index (χ1n) is 10.6. The Morgan fingerprint density at radius 2 is 1.86 bits per heavy atom. The zero-order chi connectivity index (χ0) is 26.7. The normalized spacial score (nSPS) is 19.2. The molecule has 2 aromatic rings. The minimum atomic E-state index is -5.22. The van der Waals surface area contributed by atoms with Crippen molar-refractivity contribution in [2.75, 3.05) is 12.4 Å². The van der Waals surface area contributed by atoms with E-state index in [1.54, 1.807) is 0 Å². The number of hydrogen-bond donors (Lipinski definition) is 1. The first-order valence-corrected chi connectivity index (χ1v) is 12.0. The van der Waals surface area contributed by atoms with Gasteiger partial charge in [-0.15, -0.1) is 13.2 Å². The van der Waals surface area contributed by atoms with Crippen molar-refractivity contribution in [2.45, 2.75) is 43.6 Å².